The molecule has 3 aromatic rings. The first kappa shape index (κ1) is 15.4. The molecule has 0 atom stereocenters. The third-order valence-corrected chi connectivity index (χ3v) is 4.86. The molecule has 120 valence electrons. The largest absolute Gasteiger partial charge is 0.448 e. The second-order valence-electron chi connectivity index (χ2n) is 5.27. The highest BCUT2D eigenvalue weighted by molar-refractivity contribution is 7.92. The van der Waals surface area contributed by atoms with E-state index in [1.54, 1.807) is 12.1 Å². The molecule has 0 unspecified atom stereocenters. The van der Waals surface area contributed by atoms with Crippen molar-refractivity contribution in [3.8, 4) is 5.69 Å². The maximum Gasteiger partial charge on any atom is 0.295 e. The zero-order valence-corrected chi connectivity index (χ0v) is 13.8. The Bertz CT molecular complexity index is 909. The van der Waals surface area contributed by atoms with Gasteiger partial charge in [-0.25, -0.2) is 0 Å². The molecular formula is C17H18N2O3S. The molecule has 6 heteroatoms. The van der Waals surface area contributed by atoms with Gasteiger partial charge in [0.05, 0.1) is 5.69 Å². The smallest absolute Gasteiger partial charge is 0.295 e. The number of hydrogen-bond donors (Lipinski definition) is 1. The Balaban J connectivity index is 1.94. The van der Waals surface area contributed by atoms with E-state index in [2.05, 4.69) is 4.72 Å². The zero-order chi connectivity index (χ0) is 16.4. The fourth-order valence-corrected chi connectivity index (χ4v) is 3.35. The first-order valence-electron chi connectivity index (χ1n) is 7.35. The number of benzene rings is 1. The SMILES string of the molecule is CCc1ccc(S(=O)(=O)Nc2cc(-n3cccc3)ccc2C)o1. The molecule has 0 fully saturated rings. The molecule has 0 saturated carbocycles. The Morgan fingerprint density at radius 3 is 2.52 bits per heavy atom. The minimum atomic E-state index is -3.74. The van der Waals surface area contributed by atoms with E-state index in [-0.39, 0.29) is 5.09 Å². The summed E-state index contributed by atoms with van der Waals surface area (Å²) in [5.41, 5.74) is 2.25. The first-order valence-corrected chi connectivity index (χ1v) is 8.83. The normalized spacial score (nSPS) is 11.6. The van der Waals surface area contributed by atoms with Crippen molar-refractivity contribution in [2.45, 2.75) is 25.4 Å². The third-order valence-electron chi connectivity index (χ3n) is 3.62. The van der Waals surface area contributed by atoms with Gasteiger partial charge in [-0.1, -0.05) is 13.0 Å². The van der Waals surface area contributed by atoms with Crippen LogP contribution in [0, 0.1) is 6.92 Å². The number of hydrogen-bond acceptors (Lipinski definition) is 3. The molecule has 0 aliphatic rings. The van der Waals surface area contributed by atoms with Crippen LogP contribution in [0.1, 0.15) is 18.2 Å². The van der Waals surface area contributed by atoms with E-state index >= 15 is 0 Å². The number of aryl methyl sites for hydroxylation is 2. The number of aromatic nitrogens is 1. The molecule has 0 bridgehead atoms. The summed E-state index contributed by atoms with van der Waals surface area (Å²) >= 11 is 0. The van der Waals surface area contributed by atoms with Crippen molar-refractivity contribution >= 4 is 15.7 Å². The van der Waals surface area contributed by atoms with Crippen LogP contribution in [0.3, 0.4) is 0 Å². The molecule has 5 nitrogen and oxygen atoms in total. The second-order valence-corrected chi connectivity index (χ2v) is 6.88. The summed E-state index contributed by atoms with van der Waals surface area (Å²) in [6, 6.07) is 12.6. The van der Waals surface area contributed by atoms with E-state index < -0.39 is 10.0 Å². The van der Waals surface area contributed by atoms with Gasteiger partial charge in [0.15, 0.2) is 0 Å². The number of sulfonamides is 1. The molecule has 0 radical (unpaired) electrons. The Labute approximate surface area is 135 Å². The molecule has 0 aliphatic heterocycles. The highest BCUT2D eigenvalue weighted by atomic mass is 32.2. The second kappa shape index (κ2) is 5.96. The summed E-state index contributed by atoms with van der Waals surface area (Å²) in [6.07, 6.45) is 4.46. The third kappa shape index (κ3) is 3.17. The summed E-state index contributed by atoms with van der Waals surface area (Å²) in [4.78, 5) is 0. The molecule has 0 amide bonds. The first-order chi connectivity index (χ1) is 11.0. The Hall–Kier alpha value is -2.47. The van der Waals surface area contributed by atoms with Gasteiger partial charge in [0.2, 0.25) is 5.09 Å². The van der Waals surface area contributed by atoms with Crippen LogP contribution in [0.2, 0.25) is 0 Å². The maximum atomic E-state index is 12.5. The average Bonchev–Trinajstić information content (AvgIpc) is 3.20. The van der Waals surface area contributed by atoms with Crippen LogP contribution in [0.25, 0.3) is 5.69 Å². The zero-order valence-electron chi connectivity index (χ0n) is 13.0. The Morgan fingerprint density at radius 2 is 1.87 bits per heavy atom. The van der Waals surface area contributed by atoms with Crippen molar-refractivity contribution in [1.82, 2.24) is 4.57 Å². The summed E-state index contributed by atoms with van der Waals surface area (Å²) < 4.78 is 34.8. The number of furan rings is 1. The Kier molecular flexibility index (Phi) is 4.00. The molecule has 2 heterocycles. The molecule has 0 saturated heterocycles. The lowest BCUT2D eigenvalue weighted by atomic mass is 10.2. The standard InChI is InChI=1S/C17H18N2O3S/c1-3-15-8-9-17(22-15)23(20,21)18-16-12-14(7-6-13(16)2)19-10-4-5-11-19/h4-12,18H,3H2,1-2H3. The van der Waals surface area contributed by atoms with E-state index in [0.717, 1.165) is 11.3 Å². The number of nitrogens with zero attached hydrogens (tertiary/aromatic N) is 1. The minimum Gasteiger partial charge on any atom is -0.448 e. The van der Waals surface area contributed by atoms with Crippen LogP contribution in [-0.4, -0.2) is 13.0 Å². The van der Waals surface area contributed by atoms with Crippen molar-refractivity contribution in [2.24, 2.45) is 0 Å². The van der Waals surface area contributed by atoms with E-state index in [1.165, 1.54) is 6.07 Å². The van der Waals surface area contributed by atoms with Crippen LogP contribution >= 0.6 is 0 Å². The maximum absolute atomic E-state index is 12.5. The van der Waals surface area contributed by atoms with Gasteiger partial charge in [-0.2, -0.15) is 8.42 Å². The number of rotatable bonds is 5. The van der Waals surface area contributed by atoms with Crippen molar-refractivity contribution < 1.29 is 12.8 Å². The molecule has 0 aliphatic carbocycles. The summed E-state index contributed by atoms with van der Waals surface area (Å²) in [5, 5.41) is -0.0693. The van der Waals surface area contributed by atoms with Crippen LogP contribution in [-0.2, 0) is 16.4 Å². The summed E-state index contributed by atoms with van der Waals surface area (Å²) in [7, 11) is -3.74. The lowest BCUT2D eigenvalue weighted by molar-refractivity contribution is 0.419. The van der Waals surface area contributed by atoms with Gasteiger partial charge in [0.25, 0.3) is 10.0 Å². The van der Waals surface area contributed by atoms with Crippen LogP contribution in [0.15, 0.2) is 64.4 Å². The van der Waals surface area contributed by atoms with Gasteiger partial charge in [0, 0.05) is 24.5 Å². The topological polar surface area (TPSA) is 64.2 Å². The van der Waals surface area contributed by atoms with E-state index in [1.807, 2.05) is 55.1 Å². The van der Waals surface area contributed by atoms with Gasteiger partial charge in [-0.3, -0.25) is 4.72 Å². The lowest BCUT2D eigenvalue weighted by Gasteiger charge is -2.11. The van der Waals surface area contributed by atoms with E-state index in [9.17, 15) is 8.42 Å². The highest BCUT2D eigenvalue weighted by Gasteiger charge is 2.19. The fourth-order valence-electron chi connectivity index (χ4n) is 2.27. The minimum absolute atomic E-state index is 0.0693. The highest BCUT2D eigenvalue weighted by Crippen LogP contribution is 2.24. The molecule has 23 heavy (non-hydrogen) atoms. The Morgan fingerprint density at radius 1 is 1.13 bits per heavy atom. The molecule has 3 rings (SSSR count). The monoisotopic (exact) mass is 330 g/mol. The molecular weight excluding hydrogens is 312 g/mol. The van der Waals surface area contributed by atoms with Crippen LogP contribution in [0.4, 0.5) is 5.69 Å². The summed E-state index contributed by atoms with van der Waals surface area (Å²) in [6.45, 7) is 3.77. The van der Waals surface area contributed by atoms with E-state index in [4.69, 9.17) is 4.42 Å². The summed E-state index contributed by atoms with van der Waals surface area (Å²) in [5.74, 6) is 0.642. The van der Waals surface area contributed by atoms with Gasteiger partial charge in [-0.15, -0.1) is 0 Å². The number of nitrogens with one attached hydrogen (secondary N) is 1. The molecule has 0 spiro atoms. The quantitative estimate of drug-likeness (QED) is 0.775. The van der Waals surface area contributed by atoms with Crippen molar-refractivity contribution in [2.75, 3.05) is 4.72 Å². The lowest BCUT2D eigenvalue weighted by Crippen LogP contribution is -2.13. The predicted octanol–water partition coefficient (Wildman–Crippen LogP) is 3.74. The van der Waals surface area contributed by atoms with Crippen molar-refractivity contribution in [3.05, 3.63) is 66.2 Å². The fraction of sp³-hybridized carbons (Fsp3) is 0.176. The van der Waals surface area contributed by atoms with Crippen molar-refractivity contribution in [1.29, 1.82) is 0 Å². The van der Waals surface area contributed by atoms with Crippen LogP contribution in [0.5, 0.6) is 0 Å². The van der Waals surface area contributed by atoms with E-state index in [0.29, 0.717) is 17.9 Å². The molecule has 1 N–H and O–H groups in total. The number of anilines is 1. The van der Waals surface area contributed by atoms with Gasteiger partial charge in [0.1, 0.15) is 5.76 Å². The molecule has 1 aromatic carbocycles. The van der Waals surface area contributed by atoms with Crippen molar-refractivity contribution in [3.63, 3.8) is 0 Å². The average molecular weight is 330 g/mol. The van der Waals surface area contributed by atoms with Gasteiger partial charge >= 0.3 is 0 Å². The predicted molar refractivity (Wildman–Crippen MR) is 89.4 cm³/mol. The van der Waals surface area contributed by atoms with Crippen LogP contribution < -0.4 is 4.72 Å². The van der Waals surface area contributed by atoms with Gasteiger partial charge < -0.3 is 8.98 Å². The van der Waals surface area contributed by atoms with Gasteiger partial charge in [-0.05, 0) is 48.9 Å². The molecule has 2 aromatic heterocycles.